The van der Waals surface area contributed by atoms with E-state index in [4.69, 9.17) is 5.73 Å². The minimum Gasteiger partial charge on any atom is -0.369 e. The molecular weight excluding hydrogens is 256 g/mol. The van der Waals surface area contributed by atoms with Crippen molar-refractivity contribution in [2.45, 2.75) is 32.7 Å². The zero-order chi connectivity index (χ0) is 14.3. The Morgan fingerprint density at radius 2 is 2.05 bits per heavy atom. The molecule has 20 heavy (non-hydrogen) atoms. The van der Waals surface area contributed by atoms with E-state index in [1.807, 2.05) is 23.4 Å². The standard InChI is InChI=1S/C13H20N6O/c1-9-11-12(17(2)16-9)19(13(14)15-11)8-5-10(20)18-6-3-4-7-18/h3-8H2,1-2H3,(H2,14,15). The SMILES string of the molecule is Cc1nn(C)c2c1nc(N)n2CCC(=O)N1CCCC1. The van der Waals surface area contributed by atoms with Gasteiger partial charge in [-0.25, -0.2) is 4.98 Å². The summed E-state index contributed by atoms with van der Waals surface area (Å²) >= 11 is 0. The number of anilines is 1. The molecule has 3 rings (SSSR count). The number of nitrogens with zero attached hydrogens (tertiary/aromatic N) is 5. The number of aryl methyl sites for hydroxylation is 3. The predicted octanol–water partition coefficient (Wildman–Crippen LogP) is 0.673. The first-order chi connectivity index (χ1) is 9.58. The first kappa shape index (κ1) is 13.0. The highest BCUT2D eigenvalue weighted by Gasteiger charge is 2.20. The number of nitrogens with two attached hydrogens (primary N) is 1. The van der Waals surface area contributed by atoms with Gasteiger partial charge >= 0.3 is 0 Å². The number of hydrogen-bond acceptors (Lipinski definition) is 4. The van der Waals surface area contributed by atoms with Crippen LogP contribution in [0.5, 0.6) is 0 Å². The average Bonchev–Trinajstić information content (AvgIpc) is 3.08. The maximum atomic E-state index is 12.1. The lowest BCUT2D eigenvalue weighted by Crippen LogP contribution is -2.28. The summed E-state index contributed by atoms with van der Waals surface area (Å²) in [6, 6.07) is 0. The number of amides is 1. The van der Waals surface area contributed by atoms with Crippen LogP contribution in [0, 0.1) is 6.92 Å². The van der Waals surface area contributed by atoms with Crippen LogP contribution in [-0.4, -0.2) is 43.2 Å². The van der Waals surface area contributed by atoms with Crippen LogP contribution in [0.25, 0.3) is 11.2 Å². The van der Waals surface area contributed by atoms with E-state index in [2.05, 4.69) is 10.1 Å². The van der Waals surface area contributed by atoms with Crippen LogP contribution in [0.4, 0.5) is 5.95 Å². The predicted molar refractivity (Wildman–Crippen MR) is 76.1 cm³/mol. The number of aromatic nitrogens is 4. The van der Waals surface area contributed by atoms with Gasteiger partial charge in [-0.2, -0.15) is 5.10 Å². The molecule has 0 unspecified atom stereocenters. The largest absolute Gasteiger partial charge is 0.369 e. The number of carbonyl (C=O) groups excluding carboxylic acids is 1. The van der Waals surface area contributed by atoms with E-state index in [0.29, 0.717) is 18.9 Å². The molecule has 1 saturated heterocycles. The zero-order valence-electron chi connectivity index (χ0n) is 12.0. The molecule has 108 valence electrons. The van der Waals surface area contributed by atoms with Gasteiger partial charge in [0.1, 0.15) is 5.52 Å². The van der Waals surface area contributed by atoms with Crippen LogP contribution in [-0.2, 0) is 18.4 Å². The molecule has 0 aromatic carbocycles. The van der Waals surface area contributed by atoms with E-state index >= 15 is 0 Å². The molecule has 1 aliphatic rings. The Hall–Kier alpha value is -2.05. The van der Waals surface area contributed by atoms with E-state index in [0.717, 1.165) is 42.8 Å². The lowest BCUT2D eigenvalue weighted by Gasteiger charge is -2.15. The van der Waals surface area contributed by atoms with Gasteiger partial charge in [-0.1, -0.05) is 0 Å². The Morgan fingerprint density at radius 1 is 1.35 bits per heavy atom. The van der Waals surface area contributed by atoms with Crippen molar-refractivity contribution in [2.75, 3.05) is 18.8 Å². The Kier molecular flexibility index (Phi) is 3.11. The molecule has 7 heteroatoms. The number of nitrogen functional groups attached to an aromatic ring is 1. The molecule has 0 bridgehead atoms. The topological polar surface area (TPSA) is 82.0 Å². The van der Waals surface area contributed by atoms with Crippen molar-refractivity contribution in [1.82, 2.24) is 24.2 Å². The van der Waals surface area contributed by atoms with Gasteiger partial charge in [0.05, 0.1) is 5.69 Å². The third kappa shape index (κ3) is 2.03. The van der Waals surface area contributed by atoms with Crippen LogP contribution < -0.4 is 5.73 Å². The van der Waals surface area contributed by atoms with E-state index in [1.165, 1.54) is 0 Å². The Balaban J connectivity index is 1.80. The second-order valence-corrected chi connectivity index (χ2v) is 5.34. The first-order valence-corrected chi connectivity index (χ1v) is 7.01. The third-order valence-corrected chi connectivity index (χ3v) is 3.93. The van der Waals surface area contributed by atoms with E-state index in [9.17, 15) is 4.79 Å². The number of fused-ring (bicyclic) bond motifs is 1. The molecule has 7 nitrogen and oxygen atoms in total. The molecular formula is C13H20N6O. The van der Waals surface area contributed by atoms with Gasteiger partial charge in [0.25, 0.3) is 0 Å². The van der Waals surface area contributed by atoms with Crippen molar-refractivity contribution in [3.8, 4) is 0 Å². The molecule has 3 heterocycles. The lowest BCUT2D eigenvalue weighted by molar-refractivity contribution is -0.130. The maximum absolute atomic E-state index is 12.1. The molecule has 2 N–H and O–H groups in total. The second-order valence-electron chi connectivity index (χ2n) is 5.34. The molecule has 0 radical (unpaired) electrons. The summed E-state index contributed by atoms with van der Waals surface area (Å²) < 4.78 is 3.65. The van der Waals surface area contributed by atoms with E-state index in [1.54, 1.807) is 4.68 Å². The van der Waals surface area contributed by atoms with Gasteiger partial charge in [0.15, 0.2) is 5.65 Å². The number of imidazole rings is 1. The summed E-state index contributed by atoms with van der Waals surface area (Å²) in [6.45, 7) is 4.24. The van der Waals surface area contributed by atoms with Gasteiger partial charge in [-0.3, -0.25) is 14.0 Å². The highest BCUT2D eigenvalue weighted by atomic mass is 16.2. The van der Waals surface area contributed by atoms with Crippen LogP contribution in [0.3, 0.4) is 0 Å². The monoisotopic (exact) mass is 276 g/mol. The summed E-state index contributed by atoms with van der Waals surface area (Å²) in [7, 11) is 1.87. The van der Waals surface area contributed by atoms with Crippen molar-refractivity contribution in [2.24, 2.45) is 7.05 Å². The number of hydrogen-bond donors (Lipinski definition) is 1. The smallest absolute Gasteiger partial charge is 0.224 e. The van der Waals surface area contributed by atoms with Crippen LogP contribution in [0.1, 0.15) is 25.0 Å². The van der Waals surface area contributed by atoms with Gasteiger partial charge < -0.3 is 10.6 Å². The summed E-state index contributed by atoms with van der Waals surface area (Å²) in [5, 5.41) is 4.34. The molecule has 0 atom stereocenters. The first-order valence-electron chi connectivity index (χ1n) is 7.01. The molecule has 0 aliphatic carbocycles. The van der Waals surface area contributed by atoms with Gasteiger partial charge in [0, 0.05) is 33.1 Å². The van der Waals surface area contributed by atoms with Crippen molar-refractivity contribution in [3.05, 3.63) is 5.69 Å². The quantitative estimate of drug-likeness (QED) is 0.893. The number of rotatable bonds is 3. The molecule has 2 aromatic rings. The highest BCUT2D eigenvalue weighted by Crippen LogP contribution is 2.21. The maximum Gasteiger partial charge on any atom is 0.224 e. The Bertz CT molecular complexity index is 649. The normalized spacial score (nSPS) is 15.4. The summed E-state index contributed by atoms with van der Waals surface area (Å²) in [6.07, 6.45) is 2.69. The van der Waals surface area contributed by atoms with E-state index < -0.39 is 0 Å². The minimum absolute atomic E-state index is 0.197. The molecule has 0 spiro atoms. The number of likely N-dealkylation sites (tertiary alicyclic amines) is 1. The fraction of sp³-hybridized carbons (Fsp3) is 0.615. The van der Waals surface area contributed by atoms with Crippen molar-refractivity contribution < 1.29 is 4.79 Å². The zero-order valence-corrected chi connectivity index (χ0v) is 12.0. The lowest BCUT2D eigenvalue weighted by atomic mass is 10.3. The second kappa shape index (κ2) is 4.81. The van der Waals surface area contributed by atoms with E-state index in [-0.39, 0.29) is 5.91 Å². The van der Waals surface area contributed by atoms with Gasteiger partial charge in [-0.15, -0.1) is 0 Å². The average molecular weight is 276 g/mol. The van der Waals surface area contributed by atoms with Crippen molar-refractivity contribution in [3.63, 3.8) is 0 Å². The Labute approximate surface area is 117 Å². The summed E-state index contributed by atoms with van der Waals surface area (Å²) in [5.74, 6) is 0.646. The fourth-order valence-corrected chi connectivity index (χ4v) is 2.90. The Morgan fingerprint density at radius 3 is 2.75 bits per heavy atom. The number of carbonyl (C=O) groups is 1. The van der Waals surface area contributed by atoms with Crippen LogP contribution in [0.15, 0.2) is 0 Å². The van der Waals surface area contributed by atoms with Gasteiger partial charge in [0.2, 0.25) is 11.9 Å². The summed E-state index contributed by atoms with van der Waals surface area (Å²) in [4.78, 5) is 18.4. The van der Waals surface area contributed by atoms with Crippen LogP contribution in [0.2, 0.25) is 0 Å². The van der Waals surface area contributed by atoms with Crippen molar-refractivity contribution >= 4 is 23.0 Å². The van der Waals surface area contributed by atoms with Gasteiger partial charge in [-0.05, 0) is 19.8 Å². The highest BCUT2D eigenvalue weighted by molar-refractivity contribution is 5.79. The third-order valence-electron chi connectivity index (χ3n) is 3.93. The fourth-order valence-electron chi connectivity index (χ4n) is 2.90. The molecule has 0 saturated carbocycles. The molecule has 1 amide bonds. The molecule has 1 aliphatic heterocycles. The van der Waals surface area contributed by atoms with Crippen molar-refractivity contribution in [1.29, 1.82) is 0 Å². The van der Waals surface area contributed by atoms with Crippen LogP contribution >= 0.6 is 0 Å². The molecule has 1 fully saturated rings. The summed E-state index contributed by atoms with van der Waals surface area (Å²) in [5.41, 5.74) is 8.52. The minimum atomic E-state index is 0.197. The molecule has 2 aromatic heterocycles.